The molecule has 7 heteroatoms. The summed E-state index contributed by atoms with van der Waals surface area (Å²) in [6, 6.07) is 14.1. The highest BCUT2D eigenvalue weighted by Crippen LogP contribution is 2.28. The van der Waals surface area contributed by atoms with Crippen molar-refractivity contribution in [1.82, 2.24) is 9.97 Å². The number of methoxy groups -OCH3 is 1. The SMILES string of the molecule is COc1ccc2nc(C=Cc3ccc(Cl)cc3)nc(NC3CCCCC3)c2c1.Cl.Cl. The van der Waals surface area contributed by atoms with Gasteiger partial charge in [0.05, 0.1) is 12.6 Å². The van der Waals surface area contributed by atoms with Crippen molar-refractivity contribution in [2.24, 2.45) is 0 Å². The van der Waals surface area contributed by atoms with Gasteiger partial charge in [0.2, 0.25) is 0 Å². The molecule has 1 fully saturated rings. The molecular weight excluding hydrogens is 441 g/mol. The van der Waals surface area contributed by atoms with Gasteiger partial charge in [0, 0.05) is 16.5 Å². The van der Waals surface area contributed by atoms with Crippen LogP contribution in [0.25, 0.3) is 23.1 Å². The Morgan fingerprint density at radius 1 is 0.967 bits per heavy atom. The average molecular weight is 467 g/mol. The lowest BCUT2D eigenvalue weighted by molar-refractivity contribution is 0.415. The Bertz CT molecular complexity index is 987. The van der Waals surface area contributed by atoms with E-state index >= 15 is 0 Å². The summed E-state index contributed by atoms with van der Waals surface area (Å²) in [6.07, 6.45) is 10.2. The van der Waals surface area contributed by atoms with E-state index in [1.807, 2.05) is 54.6 Å². The Morgan fingerprint density at radius 2 is 1.70 bits per heavy atom. The van der Waals surface area contributed by atoms with Crippen LogP contribution in [0.5, 0.6) is 5.75 Å². The first-order valence-corrected chi connectivity index (χ1v) is 10.1. The van der Waals surface area contributed by atoms with Crippen LogP contribution in [0, 0.1) is 0 Å². The maximum atomic E-state index is 5.96. The molecule has 1 saturated carbocycles. The topological polar surface area (TPSA) is 47.0 Å². The second kappa shape index (κ2) is 11.4. The van der Waals surface area contributed by atoms with Gasteiger partial charge in [-0.1, -0.05) is 49.1 Å². The highest BCUT2D eigenvalue weighted by Gasteiger charge is 2.16. The van der Waals surface area contributed by atoms with E-state index < -0.39 is 0 Å². The average Bonchev–Trinajstić information content (AvgIpc) is 2.74. The van der Waals surface area contributed by atoms with Crippen molar-refractivity contribution in [2.45, 2.75) is 38.1 Å². The summed E-state index contributed by atoms with van der Waals surface area (Å²) in [5.41, 5.74) is 1.97. The summed E-state index contributed by atoms with van der Waals surface area (Å²) < 4.78 is 5.40. The minimum Gasteiger partial charge on any atom is -0.497 e. The fourth-order valence-corrected chi connectivity index (χ4v) is 3.75. The summed E-state index contributed by atoms with van der Waals surface area (Å²) in [6.45, 7) is 0. The summed E-state index contributed by atoms with van der Waals surface area (Å²) in [4.78, 5) is 9.53. The van der Waals surface area contributed by atoms with Crippen molar-refractivity contribution >= 4 is 65.3 Å². The molecule has 0 aliphatic heterocycles. The molecule has 0 amide bonds. The third-order valence-electron chi connectivity index (χ3n) is 5.16. The molecule has 1 aromatic heterocycles. The minimum atomic E-state index is 0. The van der Waals surface area contributed by atoms with E-state index in [0.717, 1.165) is 33.1 Å². The van der Waals surface area contributed by atoms with Crippen LogP contribution in [-0.4, -0.2) is 23.1 Å². The van der Waals surface area contributed by atoms with Crippen LogP contribution in [0.1, 0.15) is 43.5 Å². The van der Waals surface area contributed by atoms with Gasteiger partial charge in [0.15, 0.2) is 5.82 Å². The van der Waals surface area contributed by atoms with E-state index in [0.29, 0.717) is 11.9 Å². The highest BCUT2D eigenvalue weighted by molar-refractivity contribution is 6.30. The Balaban J connectivity index is 0.00000160. The molecule has 0 unspecified atom stereocenters. The van der Waals surface area contributed by atoms with E-state index in [-0.39, 0.29) is 24.8 Å². The molecule has 4 nitrogen and oxygen atoms in total. The van der Waals surface area contributed by atoms with Crippen LogP contribution >= 0.6 is 36.4 Å². The van der Waals surface area contributed by atoms with Gasteiger partial charge in [-0.05, 0) is 54.8 Å². The van der Waals surface area contributed by atoms with E-state index in [4.69, 9.17) is 26.3 Å². The van der Waals surface area contributed by atoms with Gasteiger partial charge in [0.1, 0.15) is 11.6 Å². The predicted molar refractivity (Wildman–Crippen MR) is 131 cm³/mol. The number of halogens is 3. The first-order valence-electron chi connectivity index (χ1n) is 9.77. The second-order valence-electron chi connectivity index (χ2n) is 7.18. The van der Waals surface area contributed by atoms with Gasteiger partial charge in [-0.15, -0.1) is 24.8 Å². The maximum absolute atomic E-state index is 5.96. The molecule has 0 radical (unpaired) electrons. The molecule has 2 aromatic carbocycles. The second-order valence-corrected chi connectivity index (χ2v) is 7.61. The lowest BCUT2D eigenvalue weighted by Crippen LogP contribution is -2.23. The number of fused-ring (bicyclic) bond motifs is 1. The normalized spacial score (nSPS) is 14.2. The van der Waals surface area contributed by atoms with Crippen LogP contribution < -0.4 is 10.1 Å². The third kappa shape index (κ3) is 6.00. The molecule has 0 atom stereocenters. The van der Waals surface area contributed by atoms with Crippen LogP contribution in [-0.2, 0) is 0 Å². The smallest absolute Gasteiger partial charge is 0.154 e. The van der Waals surface area contributed by atoms with Gasteiger partial charge < -0.3 is 10.1 Å². The zero-order valence-electron chi connectivity index (χ0n) is 16.8. The quantitative estimate of drug-likeness (QED) is 0.437. The number of benzene rings is 2. The zero-order chi connectivity index (χ0) is 19.3. The van der Waals surface area contributed by atoms with Crippen molar-refractivity contribution in [3.8, 4) is 5.75 Å². The number of hydrogen-bond donors (Lipinski definition) is 1. The molecule has 1 heterocycles. The lowest BCUT2D eigenvalue weighted by atomic mass is 9.95. The molecule has 0 saturated heterocycles. The van der Waals surface area contributed by atoms with E-state index in [1.54, 1.807) is 7.11 Å². The van der Waals surface area contributed by atoms with E-state index in [9.17, 15) is 0 Å². The number of ether oxygens (including phenoxy) is 1. The molecule has 160 valence electrons. The van der Waals surface area contributed by atoms with E-state index in [1.165, 1.54) is 32.1 Å². The molecular formula is C23H26Cl3N3O. The Morgan fingerprint density at radius 3 is 2.40 bits per heavy atom. The lowest BCUT2D eigenvalue weighted by Gasteiger charge is -2.24. The number of hydrogen-bond acceptors (Lipinski definition) is 4. The molecule has 0 spiro atoms. The predicted octanol–water partition coefficient (Wildman–Crippen LogP) is 7.05. The molecule has 1 aliphatic rings. The monoisotopic (exact) mass is 465 g/mol. The summed E-state index contributed by atoms with van der Waals surface area (Å²) in [7, 11) is 1.68. The van der Waals surface area contributed by atoms with Gasteiger partial charge in [-0.2, -0.15) is 0 Å². The first kappa shape index (κ1) is 24.3. The minimum absolute atomic E-state index is 0. The first-order chi connectivity index (χ1) is 13.7. The number of aromatic nitrogens is 2. The Hall–Kier alpha value is -2.01. The van der Waals surface area contributed by atoms with Gasteiger partial charge in [0.25, 0.3) is 0 Å². The van der Waals surface area contributed by atoms with Crippen molar-refractivity contribution in [3.63, 3.8) is 0 Å². The highest BCUT2D eigenvalue weighted by atomic mass is 35.5. The fourth-order valence-electron chi connectivity index (χ4n) is 3.62. The van der Waals surface area contributed by atoms with Crippen molar-refractivity contribution in [2.75, 3.05) is 12.4 Å². The number of nitrogens with one attached hydrogen (secondary N) is 1. The van der Waals surface area contributed by atoms with Crippen LogP contribution in [0.2, 0.25) is 5.02 Å². The molecule has 1 N–H and O–H groups in total. The summed E-state index contributed by atoms with van der Waals surface area (Å²) in [5.74, 6) is 2.38. The van der Waals surface area contributed by atoms with Gasteiger partial charge >= 0.3 is 0 Å². The number of anilines is 1. The number of nitrogens with zero attached hydrogens (tertiary/aromatic N) is 2. The van der Waals surface area contributed by atoms with Crippen molar-refractivity contribution in [1.29, 1.82) is 0 Å². The van der Waals surface area contributed by atoms with Gasteiger partial charge in [-0.3, -0.25) is 0 Å². The summed E-state index contributed by atoms with van der Waals surface area (Å²) in [5, 5.41) is 5.39. The molecule has 1 aliphatic carbocycles. The standard InChI is InChI=1S/C23H24ClN3O.2ClH/c1-28-19-12-13-21-20(15-19)23(25-18-5-3-2-4-6-18)27-22(26-21)14-9-16-7-10-17(24)11-8-16;;/h7-15,18H,2-6H2,1H3,(H,25,26,27);2*1H. The molecule has 0 bridgehead atoms. The molecule has 30 heavy (non-hydrogen) atoms. The van der Waals surface area contributed by atoms with E-state index in [2.05, 4.69) is 5.32 Å². The summed E-state index contributed by atoms with van der Waals surface area (Å²) >= 11 is 5.96. The van der Waals surface area contributed by atoms with Crippen molar-refractivity contribution < 1.29 is 4.74 Å². The maximum Gasteiger partial charge on any atom is 0.154 e. The Labute approximate surface area is 194 Å². The van der Waals surface area contributed by atoms with Crippen LogP contribution in [0.3, 0.4) is 0 Å². The Kier molecular flexibility index (Phi) is 9.22. The zero-order valence-corrected chi connectivity index (χ0v) is 19.2. The third-order valence-corrected chi connectivity index (χ3v) is 5.41. The van der Waals surface area contributed by atoms with Crippen molar-refractivity contribution in [3.05, 3.63) is 58.9 Å². The molecule has 3 aromatic rings. The van der Waals surface area contributed by atoms with Crippen LogP contribution in [0.4, 0.5) is 5.82 Å². The largest absolute Gasteiger partial charge is 0.497 e. The van der Waals surface area contributed by atoms with Crippen LogP contribution in [0.15, 0.2) is 42.5 Å². The number of rotatable bonds is 5. The van der Waals surface area contributed by atoms with Gasteiger partial charge in [-0.25, -0.2) is 9.97 Å². The molecule has 4 rings (SSSR count). The fraction of sp³-hybridized carbons (Fsp3) is 0.304.